The molecule has 0 bridgehead atoms. The van der Waals surface area contributed by atoms with E-state index in [1.807, 2.05) is 4.90 Å². The molecule has 0 saturated carbocycles. The molecule has 27 heavy (non-hydrogen) atoms. The number of amides is 1. The van der Waals surface area contributed by atoms with E-state index < -0.39 is 11.7 Å². The first kappa shape index (κ1) is 19.0. The van der Waals surface area contributed by atoms with E-state index in [1.54, 1.807) is 31.4 Å². The Bertz CT molecular complexity index is 768. The van der Waals surface area contributed by atoms with Gasteiger partial charge in [-0.25, -0.2) is 4.98 Å². The summed E-state index contributed by atoms with van der Waals surface area (Å²) >= 11 is 0. The zero-order chi connectivity index (χ0) is 19.4. The fourth-order valence-electron chi connectivity index (χ4n) is 3.03. The van der Waals surface area contributed by atoms with Crippen LogP contribution >= 0.6 is 0 Å². The van der Waals surface area contributed by atoms with Gasteiger partial charge < -0.3 is 15.0 Å². The van der Waals surface area contributed by atoms with E-state index in [-0.39, 0.29) is 11.8 Å². The fraction of sp³-hybridized carbons (Fsp3) is 0.368. The highest BCUT2D eigenvalue weighted by molar-refractivity contribution is 5.92. The second-order valence-electron chi connectivity index (χ2n) is 6.38. The number of alkyl halides is 3. The number of methoxy groups -OCH3 is 1. The van der Waals surface area contributed by atoms with Crippen molar-refractivity contribution in [2.24, 2.45) is 5.92 Å². The number of hydrogen-bond donors (Lipinski definition) is 1. The SMILES string of the molecule is COc1ccc(NC(=O)C2CCN(c3ccc(C(F)(F)F)cn3)CC2)cc1. The lowest BCUT2D eigenvalue weighted by atomic mass is 9.95. The van der Waals surface area contributed by atoms with Gasteiger partial charge in [0.2, 0.25) is 5.91 Å². The number of benzene rings is 1. The van der Waals surface area contributed by atoms with Gasteiger partial charge in [0.1, 0.15) is 11.6 Å². The molecule has 1 aromatic carbocycles. The molecule has 5 nitrogen and oxygen atoms in total. The van der Waals surface area contributed by atoms with Crippen LogP contribution in [-0.2, 0) is 11.0 Å². The van der Waals surface area contributed by atoms with Crippen molar-refractivity contribution in [2.75, 3.05) is 30.4 Å². The summed E-state index contributed by atoms with van der Waals surface area (Å²) in [5, 5.41) is 2.89. The van der Waals surface area contributed by atoms with Crippen LogP contribution in [0.3, 0.4) is 0 Å². The van der Waals surface area contributed by atoms with E-state index in [0.29, 0.717) is 43.2 Å². The minimum atomic E-state index is -4.39. The van der Waals surface area contributed by atoms with Gasteiger partial charge in [0.15, 0.2) is 0 Å². The molecule has 1 aliphatic rings. The Morgan fingerprint density at radius 2 is 1.81 bits per heavy atom. The fourth-order valence-corrected chi connectivity index (χ4v) is 3.03. The summed E-state index contributed by atoms with van der Waals surface area (Å²) in [4.78, 5) is 18.2. The Morgan fingerprint density at radius 1 is 1.15 bits per heavy atom. The number of pyridine rings is 1. The number of anilines is 2. The number of hydrogen-bond acceptors (Lipinski definition) is 4. The third kappa shape index (κ3) is 4.69. The van der Waals surface area contributed by atoms with Crippen LogP contribution in [0.1, 0.15) is 18.4 Å². The molecular formula is C19H20F3N3O2. The number of aromatic nitrogens is 1. The van der Waals surface area contributed by atoms with Crippen LogP contribution < -0.4 is 15.0 Å². The van der Waals surface area contributed by atoms with Crippen molar-refractivity contribution in [2.45, 2.75) is 19.0 Å². The first-order valence-electron chi connectivity index (χ1n) is 8.60. The summed E-state index contributed by atoms with van der Waals surface area (Å²) in [5.74, 6) is 1.01. The maximum absolute atomic E-state index is 12.6. The maximum Gasteiger partial charge on any atom is 0.417 e. The van der Waals surface area contributed by atoms with Crippen LogP contribution in [0, 0.1) is 5.92 Å². The average Bonchev–Trinajstić information content (AvgIpc) is 2.68. The highest BCUT2D eigenvalue weighted by Crippen LogP contribution is 2.30. The molecule has 1 aromatic heterocycles. The molecule has 0 unspecified atom stereocenters. The molecule has 1 amide bonds. The number of piperidine rings is 1. The first-order valence-corrected chi connectivity index (χ1v) is 8.60. The molecular weight excluding hydrogens is 359 g/mol. The van der Waals surface area contributed by atoms with E-state index in [4.69, 9.17) is 4.74 Å². The van der Waals surface area contributed by atoms with Gasteiger partial charge in [0.05, 0.1) is 12.7 Å². The lowest BCUT2D eigenvalue weighted by Crippen LogP contribution is -2.38. The second kappa shape index (κ2) is 7.85. The van der Waals surface area contributed by atoms with Crippen LogP contribution in [-0.4, -0.2) is 31.1 Å². The predicted molar refractivity (Wildman–Crippen MR) is 95.8 cm³/mol. The van der Waals surface area contributed by atoms with Crippen LogP contribution in [0.5, 0.6) is 5.75 Å². The molecule has 1 aliphatic heterocycles. The molecule has 2 heterocycles. The summed E-state index contributed by atoms with van der Waals surface area (Å²) in [7, 11) is 1.58. The molecule has 0 aliphatic carbocycles. The summed E-state index contributed by atoms with van der Waals surface area (Å²) in [5.41, 5.74) is -0.0624. The zero-order valence-electron chi connectivity index (χ0n) is 14.8. The number of carbonyl (C=O) groups is 1. The highest BCUT2D eigenvalue weighted by Gasteiger charge is 2.31. The van der Waals surface area contributed by atoms with E-state index in [9.17, 15) is 18.0 Å². The van der Waals surface area contributed by atoms with Gasteiger partial charge in [-0.05, 0) is 49.2 Å². The van der Waals surface area contributed by atoms with Crippen LogP contribution in [0.4, 0.5) is 24.7 Å². The average molecular weight is 379 g/mol. The van der Waals surface area contributed by atoms with Crippen molar-refractivity contribution < 1.29 is 22.7 Å². The number of carbonyl (C=O) groups excluding carboxylic acids is 1. The van der Waals surface area contributed by atoms with Crippen LogP contribution in [0.15, 0.2) is 42.6 Å². The normalized spacial score (nSPS) is 15.5. The molecule has 0 atom stereocenters. The molecule has 1 saturated heterocycles. The van der Waals surface area contributed by atoms with Crippen molar-refractivity contribution in [1.29, 1.82) is 0 Å². The van der Waals surface area contributed by atoms with Crippen molar-refractivity contribution in [3.8, 4) is 5.75 Å². The van der Waals surface area contributed by atoms with Crippen LogP contribution in [0.25, 0.3) is 0 Å². The van der Waals surface area contributed by atoms with E-state index in [0.717, 1.165) is 12.3 Å². The van der Waals surface area contributed by atoms with Gasteiger partial charge >= 0.3 is 6.18 Å². The van der Waals surface area contributed by atoms with E-state index in [1.165, 1.54) is 6.07 Å². The Morgan fingerprint density at radius 3 is 2.33 bits per heavy atom. The monoisotopic (exact) mass is 379 g/mol. The van der Waals surface area contributed by atoms with E-state index in [2.05, 4.69) is 10.3 Å². The van der Waals surface area contributed by atoms with Crippen molar-refractivity contribution in [3.05, 3.63) is 48.2 Å². The quantitative estimate of drug-likeness (QED) is 0.874. The second-order valence-corrected chi connectivity index (χ2v) is 6.38. The minimum Gasteiger partial charge on any atom is -0.497 e. The molecule has 144 valence electrons. The first-order chi connectivity index (χ1) is 12.9. The standard InChI is InChI=1S/C19H20F3N3O2/c1-27-16-5-3-15(4-6-16)24-18(26)13-8-10-25(11-9-13)17-7-2-14(12-23-17)19(20,21)22/h2-7,12-13H,8-11H2,1H3,(H,24,26). The minimum absolute atomic E-state index is 0.0554. The van der Waals surface area contributed by atoms with Crippen molar-refractivity contribution >= 4 is 17.4 Å². The molecule has 8 heteroatoms. The Hall–Kier alpha value is -2.77. The van der Waals surface area contributed by atoms with Crippen LogP contribution in [0.2, 0.25) is 0 Å². The van der Waals surface area contributed by atoms with Gasteiger partial charge in [-0.3, -0.25) is 4.79 Å². The van der Waals surface area contributed by atoms with Gasteiger partial charge in [-0.2, -0.15) is 13.2 Å². The summed E-state index contributed by atoms with van der Waals surface area (Å²) in [6, 6.07) is 9.50. The Kier molecular flexibility index (Phi) is 5.53. The van der Waals surface area contributed by atoms with Gasteiger partial charge in [0, 0.05) is 30.9 Å². The smallest absolute Gasteiger partial charge is 0.417 e. The zero-order valence-corrected chi connectivity index (χ0v) is 14.8. The molecule has 2 aromatic rings. The predicted octanol–water partition coefficient (Wildman–Crippen LogP) is 3.96. The van der Waals surface area contributed by atoms with Gasteiger partial charge in [0.25, 0.3) is 0 Å². The number of nitrogens with zero attached hydrogens (tertiary/aromatic N) is 2. The topological polar surface area (TPSA) is 54.5 Å². The maximum atomic E-state index is 12.6. The van der Waals surface area contributed by atoms with Crippen molar-refractivity contribution in [3.63, 3.8) is 0 Å². The number of rotatable bonds is 4. The lowest BCUT2D eigenvalue weighted by Gasteiger charge is -2.32. The van der Waals surface area contributed by atoms with E-state index >= 15 is 0 Å². The summed E-state index contributed by atoms with van der Waals surface area (Å²) in [6.45, 7) is 1.14. The number of ether oxygens (including phenoxy) is 1. The highest BCUT2D eigenvalue weighted by atomic mass is 19.4. The third-order valence-corrected chi connectivity index (χ3v) is 4.62. The largest absolute Gasteiger partial charge is 0.497 e. The molecule has 3 rings (SSSR count). The Balaban J connectivity index is 1.54. The Labute approximate surface area is 155 Å². The number of halogens is 3. The third-order valence-electron chi connectivity index (χ3n) is 4.62. The molecule has 0 spiro atoms. The summed E-state index contributed by atoms with van der Waals surface area (Å²) in [6.07, 6.45) is -2.31. The van der Waals surface area contributed by atoms with Gasteiger partial charge in [-0.15, -0.1) is 0 Å². The molecule has 1 N–H and O–H groups in total. The lowest BCUT2D eigenvalue weighted by molar-refractivity contribution is -0.137. The summed E-state index contributed by atoms with van der Waals surface area (Å²) < 4.78 is 42.9. The number of nitrogens with one attached hydrogen (secondary N) is 1. The molecule has 1 fully saturated rings. The van der Waals surface area contributed by atoms with Gasteiger partial charge in [-0.1, -0.05) is 0 Å². The van der Waals surface area contributed by atoms with Crippen molar-refractivity contribution in [1.82, 2.24) is 4.98 Å². The molecule has 0 radical (unpaired) electrons.